The number of carbonyl (C=O) groups excluding carboxylic acids is 2. The highest BCUT2D eigenvalue weighted by molar-refractivity contribution is 6.02. The first-order valence-electron chi connectivity index (χ1n) is 9.60. The van der Waals surface area contributed by atoms with Crippen molar-refractivity contribution in [3.63, 3.8) is 0 Å². The standard InChI is InChI=1S/C22H25FN2O5/c1-22(2,3)20(28)16-11-25-15(12-30-4)10-24(9-13-5-7-14(23)8-6-13)21(29)17(25)19(27)18(16)26/h5-8,11,15,27H,9-10,12H2,1-4H3. The van der Waals surface area contributed by atoms with Gasteiger partial charge < -0.3 is 19.3 Å². The van der Waals surface area contributed by atoms with Crippen molar-refractivity contribution >= 4 is 11.7 Å². The summed E-state index contributed by atoms with van der Waals surface area (Å²) in [5.74, 6) is -2.10. The molecular formula is C22H25FN2O5. The molecule has 3 rings (SSSR count). The number of carbonyl (C=O) groups is 2. The van der Waals surface area contributed by atoms with Gasteiger partial charge in [0.2, 0.25) is 5.43 Å². The van der Waals surface area contributed by atoms with Crippen molar-refractivity contribution in [1.82, 2.24) is 9.47 Å². The maximum atomic E-state index is 13.2. The molecule has 1 amide bonds. The molecule has 1 N–H and O–H groups in total. The van der Waals surface area contributed by atoms with Crippen LogP contribution in [0.4, 0.5) is 4.39 Å². The van der Waals surface area contributed by atoms with Gasteiger partial charge in [-0.3, -0.25) is 14.4 Å². The molecule has 8 heteroatoms. The quantitative estimate of drug-likeness (QED) is 0.757. The fourth-order valence-electron chi connectivity index (χ4n) is 3.53. The molecule has 2 heterocycles. The maximum absolute atomic E-state index is 13.2. The van der Waals surface area contributed by atoms with Crippen molar-refractivity contribution in [2.75, 3.05) is 20.3 Å². The van der Waals surface area contributed by atoms with Gasteiger partial charge in [0.15, 0.2) is 17.2 Å². The average Bonchev–Trinajstić information content (AvgIpc) is 2.68. The molecule has 1 unspecified atom stereocenters. The second-order valence-electron chi connectivity index (χ2n) is 8.48. The van der Waals surface area contributed by atoms with Crippen LogP contribution < -0.4 is 5.43 Å². The number of hydrogen-bond donors (Lipinski definition) is 1. The molecular weight excluding hydrogens is 391 g/mol. The minimum absolute atomic E-state index is 0.162. The zero-order valence-electron chi connectivity index (χ0n) is 17.4. The Morgan fingerprint density at radius 2 is 1.87 bits per heavy atom. The van der Waals surface area contributed by atoms with Crippen molar-refractivity contribution in [2.45, 2.75) is 33.4 Å². The number of aromatic hydroxyl groups is 1. The van der Waals surface area contributed by atoms with E-state index in [1.165, 1.54) is 34.9 Å². The predicted molar refractivity (Wildman–Crippen MR) is 108 cm³/mol. The maximum Gasteiger partial charge on any atom is 0.274 e. The Hall–Kier alpha value is -3.00. The van der Waals surface area contributed by atoms with E-state index in [-0.39, 0.29) is 36.8 Å². The third-order valence-corrected chi connectivity index (χ3v) is 5.10. The van der Waals surface area contributed by atoms with Crippen LogP contribution in [-0.4, -0.2) is 46.5 Å². The van der Waals surface area contributed by atoms with E-state index in [2.05, 4.69) is 0 Å². The number of rotatable bonds is 5. The molecule has 0 saturated heterocycles. The number of ketones is 1. The normalized spacial score (nSPS) is 16.5. The summed E-state index contributed by atoms with van der Waals surface area (Å²) in [6, 6.07) is 5.33. The van der Waals surface area contributed by atoms with Gasteiger partial charge in [-0.1, -0.05) is 32.9 Å². The van der Waals surface area contributed by atoms with Gasteiger partial charge in [-0.25, -0.2) is 4.39 Å². The fourth-order valence-corrected chi connectivity index (χ4v) is 3.53. The molecule has 1 aliphatic heterocycles. The van der Waals surface area contributed by atoms with Crippen LogP contribution in [0.2, 0.25) is 0 Å². The number of benzene rings is 1. The van der Waals surface area contributed by atoms with E-state index in [0.29, 0.717) is 5.56 Å². The van der Waals surface area contributed by atoms with Gasteiger partial charge in [0.25, 0.3) is 5.91 Å². The fraction of sp³-hybridized carbons (Fsp3) is 0.409. The molecule has 0 radical (unpaired) electrons. The molecule has 1 aromatic carbocycles. The molecule has 0 bridgehead atoms. The van der Waals surface area contributed by atoms with Gasteiger partial charge in [0.1, 0.15) is 5.82 Å². The van der Waals surface area contributed by atoms with E-state index in [4.69, 9.17) is 4.74 Å². The highest BCUT2D eigenvalue weighted by Gasteiger charge is 2.37. The van der Waals surface area contributed by atoms with E-state index in [1.54, 1.807) is 32.9 Å². The second kappa shape index (κ2) is 8.02. The lowest BCUT2D eigenvalue weighted by atomic mass is 9.86. The number of methoxy groups -OCH3 is 1. The van der Waals surface area contributed by atoms with Gasteiger partial charge in [-0.05, 0) is 17.7 Å². The summed E-state index contributed by atoms with van der Waals surface area (Å²) in [7, 11) is 1.50. The molecule has 0 aliphatic carbocycles. The van der Waals surface area contributed by atoms with Crippen LogP contribution in [0.5, 0.6) is 5.75 Å². The Bertz CT molecular complexity index is 1040. The number of nitrogens with zero attached hydrogens (tertiary/aromatic N) is 2. The Morgan fingerprint density at radius 3 is 2.43 bits per heavy atom. The number of aromatic nitrogens is 1. The van der Waals surface area contributed by atoms with Crippen molar-refractivity contribution < 1.29 is 23.8 Å². The predicted octanol–water partition coefficient (Wildman–Crippen LogP) is 2.77. The molecule has 0 fully saturated rings. The van der Waals surface area contributed by atoms with Gasteiger partial charge in [-0.15, -0.1) is 0 Å². The van der Waals surface area contributed by atoms with Crippen LogP contribution in [0.25, 0.3) is 0 Å². The van der Waals surface area contributed by atoms with Gasteiger partial charge in [0, 0.05) is 31.8 Å². The zero-order chi connectivity index (χ0) is 22.2. The van der Waals surface area contributed by atoms with E-state index >= 15 is 0 Å². The number of fused-ring (bicyclic) bond motifs is 1. The van der Waals surface area contributed by atoms with Crippen LogP contribution in [-0.2, 0) is 11.3 Å². The molecule has 160 valence electrons. The smallest absolute Gasteiger partial charge is 0.274 e. The van der Waals surface area contributed by atoms with Crippen LogP contribution in [0.15, 0.2) is 35.3 Å². The molecule has 2 aromatic rings. The average molecular weight is 416 g/mol. The highest BCUT2D eigenvalue weighted by Crippen LogP contribution is 2.29. The molecule has 1 aromatic heterocycles. The molecule has 1 atom stereocenters. The van der Waals surface area contributed by atoms with Crippen molar-refractivity contribution in [1.29, 1.82) is 0 Å². The Kier molecular flexibility index (Phi) is 5.81. The molecule has 7 nitrogen and oxygen atoms in total. The number of hydrogen-bond acceptors (Lipinski definition) is 5. The van der Waals surface area contributed by atoms with Gasteiger partial charge in [0.05, 0.1) is 18.2 Å². The van der Waals surface area contributed by atoms with Crippen molar-refractivity contribution in [3.8, 4) is 5.75 Å². The number of Topliss-reactive ketones (excluding diaryl/α,β-unsaturated/α-hetero) is 1. The largest absolute Gasteiger partial charge is 0.503 e. The monoisotopic (exact) mass is 416 g/mol. The third-order valence-electron chi connectivity index (χ3n) is 5.10. The lowest BCUT2D eigenvalue weighted by molar-refractivity contribution is 0.0558. The zero-order valence-corrected chi connectivity index (χ0v) is 17.4. The first-order valence-corrected chi connectivity index (χ1v) is 9.60. The van der Waals surface area contributed by atoms with Crippen LogP contribution in [0.3, 0.4) is 0 Å². The minimum atomic E-state index is -0.866. The highest BCUT2D eigenvalue weighted by atomic mass is 19.1. The Labute approximate surface area is 173 Å². The Balaban J connectivity index is 2.08. The second-order valence-corrected chi connectivity index (χ2v) is 8.48. The summed E-state index contributed by atoms with van der Waals surface area (Å²) in [5, 5.41) is 10.6. The topological polar surface area (TPSA) is 88.8 Å². The molecule has 0 spiro atoms. The summed E-state index contributed by atoms with van der Waals surface area (Å²) in [4.78, 5) is 40.0. The number of ether oxygens (including phenoxy) is 1. The van der Waals surface area contributed by atoms with Crippen molar-refractivity contribution in [2.24, 2.45) is 5.41 Å². The third kappa shape index (κ3) is 4.00. The lowest BCUT2D eigenvalue weighted by Gasteiger charge is -2.36. The van der Waals surface area contributed by atoms with E-state index in [9.17, 15) is 23.9 Å². The van der Waals surface area contributed by atoms with Gasteiger partial charge in [-0.2, -0.15) is 0 Å². The lowest BCUT2D eigenvalue weighted by Crippen LogP contribution is -2.45. The SMILES string of the molecule is COCC1CN(Cc2ccc(F)cc2)C(=O)c2c(O)c(=O)c(C(=O)C(C)(C)C)cn21. The summed E-state index contributed by atoms with van der Waals surface area (Å²) in [6.45, 7) is 5.65. The Morgan fingerprint density at radius 1 is 1.23 bits per heavy atom. The van der Waals surface area contributed by atoms with E-state index < -0.39 is 34.3 Å². The minimum Gasteiger partial charge on any atom is -0.503 e. The first-order chi connectivity index (χ1) is 14.0. The summed E-state index contributed by atoms with van der Waals surface area (Å²) in [5.41, 5.74) is -1.33. The summed E-state index contributed by atoms with van der Waals surface area (Å²) >= 11 is 0. The van der Waals surface area contributed by atoms with E-state index in [0.717, 1.165) is 0 Å². The van der Waals surface area contributed by atoms with Crippen molar-refractivity contribution in [3.05, 3.63) is 63.3 Å². The molecule has 1 aliphatic rings. The number of halogens is 1. The van der Waals surface area contributed by atoms with Gasteiger partial charge >= 0.3 is 0 Å². The number of pyridine rings is 1. The van der Waals surface area contributed by atoms with Crippen LogP contribution >= 0.6 is 0 Å². The van der Waals surface area contributed by atoms with Crippen LogP contribution in [0, 0.1) is 11.2 Å². The van der Waals surface area contributed by atoms with E-state index in [1.807, 2.05) is 0 Å². The first kappa shape index (κ1) is 21.7. The number of amides is 1. The summed E-state index contributed by atoms with van der Waals surface area (Å²) in [6.07, 6.45) is 1.35. The molecule has 0 saturated carbocycles. The summed E-state index contributed by atoms with van der Waals surface area (Å²) < 4.78 is 19.9. The van der Waals surface area contributed by atoms with Crippen LogP contribution in [0.1, 0.15) is 53.2 Å². The molecule has 30 heavy (non-hydrogen) atoms.